The van der Waals surface area contributed by atoms with Crippen molar-refractivity contribution in [3.05, 3.63) is 35.7 Å². The molecule has 22 heavy (non-hydrogen) atoms. The van der Waals surface area contributed by atoms with Crippen molar-refractivity contribution in [3.8, 4) is 0 Å². The number of nitrogens with zero attached hydrogens (tertiary/aromatic N) is 2. The molecule has 0 radical (unpaired) electrons. The molecule has 0 unspecified atom stereocenters. The van der Waals surface area contributed by atoms with Gasteiger partial charge in [0.2, 0.25) is 11.1 Å². The molecule has 0 fully saturated rings. The molecule has 1 heterocycles. The number of aromatic amines is 1. The largest absolute Gasteiger partial charge is 0.326 e. The summed E-state index contributed by atoms with van der Waals surface area (Å²) in [6, 6.07) is 6.88. The number of aromatic nitrogens is 3. The Hall–Kier alpha value is -2.15. The van der Waals surface area contributed by atoms with Gasteiger partial charge in [0.05, 0.1) is 5.75 Å². The number of hydrogen-bond acceptors (Lipinski definition) is 5. The van der Waals surface area contributed by atoms with Crippen molar-refractivity contribution >= 4 is 29.1 Å². The molecule has 2 aromatic rings. The van der Waals surface area contributed by atoms with Gasteiger partial charge in [0.15, 0.2) is 5.78 Å². The van der Waals surface area contributed by atoms with Gasteiger partial charge in [-0.15, -0.1) is 5.10 Å². The number of carbonyl (C=O) groups is 2. The van der Waals surface area contributed by atoms with Gasteiger partial charge >= 0.3 is 0 Å². The van der Waals surface area contributed by atoms with E-state index in [0.29, 0.717) is 22.8 Å². The second-order valence-corrected chi connectivity index (χ2v) is 5.55. The molecule has 0 atom stereocenters. The summed E-state index contributed by atoms with van der Waals surface area (Å²) in [6.45, 7) is 3.77. The van der Waals surface area contributed by atoms with Crippen LogP contribution in [0.3, 0.4) is 0 Å². The fourth-order valence-electron chi connectivity index (χ4n) is 1.70. The number of benzene rings is 1. The lowest BCUT2D eigenvalue weighted by molar-refractivity contribution is -0.115. The first kappa shape index (κ1) is 16.2. The number of amides is 1. The van der Waals surface area contributed by atoms with Gasteiger partial charge in [0, 0.05) is 24.1 Å². The van der Waals surface area contributed by atoms with Crippen LogP contribution < -0.4 is 5.32 Å². The Balaban J connectivity index is 1.90. The molecule has 1 amide bonds. The molecule has 2 N–H and O–H groups in total. The Morgan fingerprint density at radius 3 is 2.55 bits per heavy atom. The van der Waals surface area contributed by atoms with Crippen LogP contribution in [-0.4, -0.2) is 32.6 Å². The van der Waals surface area contributed by atoms with Gasteiger partial charge in [0.1, 0.15) is 5.82 Å². The van der Waals surface area contributed by atoms with Crippen molar-refractivity contribution in [2.45, 2.75) is 31.8 Å². The van der Waals surface area contributed by atoms with Crippen LogP contribution in [0.2, 0.25) is 0 Å². The van der Waals surface area contributed by atoms with Gasteiger partial charge in [-0.25, -0.2) is 4.98 Å². The van der Waals surface area contributed by atoms with Crippen LogP contribution in [0.5, 0.6) is 0 Å². The standard InChI is InChI=1S/C15H18N4O2S/c1-3-13-17-15(19-18-13)22-9-12(20)10-5-7-11(8-6-10)16-14(21)4-2/h5-8H,3-4,9H2,1-2H3,(H,16,21)(H,17,18,19). The molecule has 6 nitrogen and oxygen atoms in total. The summed E-state index contributed by atoms with van der Waals surface area (Å²) in [7, 11) is 0. The van der Waals surface area contributed by atoms with E-state index in [1.54, 1.807) is 31.2 Å². The smallest absolute Gasteiger partial charge is 0.224 e. The third-order valence-corrected chi connectivity index (χ3v) is 3.84. The van der Waals surface area contributed by atoms with E-state index >= 15 is 0 Å². The van der Waals surface area contributed by atoms with Crippen LogP contribution in [0, 0.1) is 0 Å². The van der Waals surface area contributed by atoms with Crippen molar-refractivity contribution in [2.24, 2.45) is 0 Å². The molecule has 1 aromatic heterocycles. The summed E-state index contributed by atoms with van der Waals surface area (Å²) < 4.78 is 0. The van der Waals surface area contributed by atoms with Crippen LogP contribution in [0.15, 0.2) is 29.4 Å². The first-order valence-corrected chi connectivity index (χ1v) is 8.08. The number of thioether (sulfide) groups is 1. The maximum atomic E-state index is 12.1. The van der Waals surface area contributed by atoms with Crippen molar-refractivity contribution in [1.82, 2.24) is 15.2 Å². The fourth-order valence-corrected chi connectivity index (χ4v) is 2.41. The van der Waals surface area contributed by atoms with Crippen molar-refractivity contribution in [3.63, 3.8) is 0 Å². The molecule has 0 aliphatic heterocycles. The van der Waals surface area contributed by atoms with Gasteiger partial charge in [-0.3, -0.25) is 14.7 Å². The zero-order chi connectivity index (χ0) is 15.9. The number of anilines is 1. The van der Waals surface area contributed by atoms with E-state index in [0.717, 1.165) is 12.2 Å². The number of carbonyl (C=O) groups excluding carboxylic acids is 2. The molecule has 0 aliphatic carbocycles. The predicted molar refractivity (Wildman–Crippen MR) is 86.2 cm³/mol. The maximum absolute atomic E-state index is 12.1. The normalized spacial score (nSPS) is 10.5. The molecular formula is C15H18N4O2S. The van der Waals surface area contributed by atoms with E-state index in [9.17, 15) is 9.59 Å². The summed E-state index contributed by atoms with van der Waals surface area (Å²) in [5.41, 5.74) is 1.30. The van der Waals surface area contributed by atoms with Crippen LogP contribution in [0.25, 0.3) is 0 Å². The average Bonchev–Trinajstić information content (AvgIpc) is 3.01. The molecule has 2 rings (SSSR count). The molecule has 0 saturated carbocycles. The Morgan fingerprint density at radius 2 is 1.95 bits per heavy atom. The molecule has 7 heteroatoms. The highest BCUT2D eigenvalue weighted by molar-refractivity contribution is 7.99. The number of H-pyrrole nitrogens is 1. The van der Waals surface area contributed by atoms with E-state index in [1.807, 2.05) is 6.92 Å². The highest BCUT2D eigenvalue weighted by atomic mass is 32.2. The summed E-state index contributed by atoms with van der Waals surface area (Å²) in [5.74, 6) is 1.04. The summed E-state index contributed by atoms with van der Waals surface area (Å²) in [6.07, 6.45) is 1.21. The fraction of sp³-hybridized carbons (Fsp3) is 0.333. The van der Waals surface area contributed by atoms with Crippen molar-refractivity contribution in [2.75, 3.05) is 11.1 Å². The Morgan fingerprint density at radius 1 is 1.23 bits per heavy atom. The predicted octanol–water partition coefficient (Wildman–Crippen LogP) is 2.69. The lowest BCUT2D eigenvalue weighted by atomic mass is 10.1. The minimum absolute atomic E-state index is 0.00113. The summed E-state index contributed by atoms with van der Waals surface area (Å²) >= 11 is 1.31. The van der Waals surface area contributed by atoms with E-state index in [4.69, 9.17) is 0 Å². The first-order valence-electron chi connectivity index (χ1n) is 7.09. The molecule has 0 saturated heterocycles. The Labute approximate surface area is 133 Å². The Bertz CT molecular complexity index is 652. The third kappa shape index (κ3) is 4.42. The van der Waals surface area contributed by atoms with Crippen molar-refractivity contribution < 1.29 is 9.59 Å². The summed E-state index contributed by atoms with van der Waals surface area (Å²) in [5, 5.41) is 10.2. The van der Waals surface area contributed by atoms with Gasteiger partial charge in [0.25, 0.3) is 0 Å². The van der Waals surface area contributed by atoms with E-state index in [1.165, 1.54) is 11.8 Å². The van der Waals surface area contributed by atoms with Gasteiger partial charge < -0.3 is 5.32 Å². The van der Waals surface area contributed by atoms with Crippen LogP contribution in [0.1, 0.15) is 36.5 Å². The first-order chi connectivity index (χ1) is 10.6. The minimum atomic E-state index is -0.0500. The highest BCUT2D eigenvalue weighted by Gasteiger charge is 2.10. The molecule has 1 aromatic carbocycles. The quantitative estimate of drug-likeness (QED) is 0.605. The second kappa shape index (κ2) is 7.74. The molecule has 116 valence electrons. The van der Waals surface area contributed by atoms with E-state index in [-0.39, 0.29) is 17.4 Å². The lowest BCUT2D eigenvalue weighted by Crippen LogP contribution is -2.09. The monoisotopic (exact) mass is 318 g/mol. The van der Waals surface area contributed by atoms with Gasteiger partial charge in [-0.1, -0.05) is 25.6 Å². The number of ketones is 1. The maximum Gasteiger partial charge on any atom is 0.224 e. The molecular weight excluding hydrogens is 300 g/mol. The topological polar surface area (TPSA) is 87.7 Å². The van der Waals surface area contributed by atoms with Crippen molar-refractivity contribution in [1.29, 1.82) is 0 Å². The van der Waals surface area contributed by atoms with Gasteiger partial charge in [-0.2, -0.15) is 0 Å². The summed E-state index contributed by atoms with van der Waals surface area (Å²) in [4.78, 5) is 27.6. The van der Waals surface area contributed by atoms with Crippen LogP contribution in [0.4, 0.5) is 5.69 Å². The highest BCUT2D eigenvalue weighted by Crippen LogP contribution is 2.16. The molecule has 0 spiro atoms. The average molecular weight is 318 g/mol. The zero-order valence-corrected chi connectivity index (χ0v) is 13.4. The Kier molecular flexibility index (Phi) is 5.71. The number of nitrogens with one attached hydrogen (secondary N) is 2. The number of rotatable bonds is 7. The van der Waals surface area contributed by atoms with Crippen LogP contribution >= 0.6 is 11.8 Å². The van der Waals surface area contributed by atoms with E-state index in [2.05, 4.69) is 20.5 Å². The molecule has 0 aliphatic rings. The second-order valence-electron chi connectivity index (χ2n) is 4.61. The van der Waals surface area contributed by atoms with Crippen LogP contribution in [-0.2, 0) is 11.2 Å². The number of hydrogen-bond donors (Lipinski definition) is 2. The van der Waals surface area contributed by atoms with Gasteiger partial charge in [-0.05, 0) is 24.3 Å². The molecule has 0 bridgehead atoms. The zero-order valence-electron chi connectivity index (χ0n) is 12.5. The third-order valence-electron chi connectivity index (χ3n) is 2.99. The lowest BCUT2D eigenvalue weighted by Gasteiger charge is -2.04. The number of Topliss-reactive ketones (excluding diaryl/α,β-unsaturated/α-hetero) is 1. The minimum Gasteiger partial charge on any atom is -0.326 e. The SMILES string of the molecule is CCC(=O)Nc1ccc(C(=O)CSc2n[nH]c(CC)n2)cc1. The van der Waals surface area contributed by atoms with E-state index < -0.39 is 0 Å². The number of aryl methyl sites for hydroxylation is 1.